The summed E-state index contributed by atoms with van der Waals surface area (Å²) >= 11 is 0. The predicted octanol–water partition coefficient (Wildman–Crippen LogP) is 2.37. The first kappa shape index (κ1) is 21.7. The molecule has 0 spiro atoms. The Labute approximate surface area is 169 Å². The van der Waals surface area contributed by atoms with Crippen molar-refractivity contribution >= 4 is 18.1 Å². The second-order valence-corrected chi connectivity index (χ2v) is 6.52. The number of nitrogens with zero attached hydrogens (tertiary/aromatic N) is 3. The Balaban J connectivity index is 2.31. The molecule has 0 fully saturated rings. The minimum atomic E-state index is -0.650. The molecule has 0 bridgehead atoms. The first-order chi connectivity index (χ1) is 13.8. The predicted molar refractivity (Wildman–Crippen MR) is 110 cm³/mol. The van der Waals surface area contributed by atoms with Crippen molar-refractivity contribution in [3.63, 3.8) is 0 Å². The lowest BCUT2D eigenvalue weighted by molar-refractivity contribution is -0.135. The van der Waals surface area contributed by atoms with E-state index in [1.807, 2.05) is 19.1 Å². The van der Waals surface area contributed by atoms with Crippen molar-refractivity contribution in [3.8, 4) is 17.6 Å². The molecule has 0 aliphatic rings. The smallest absolute Gasteiger partial charge is 0.282 e. The minimum Gasteiger partial charge on any atom is -0.490 e. The molecule has 0 unspecified atom stereocenters. The molecule has 2 aromatic rings. The molecule has 8 heteroatoms. The molecule has 1 atom stereocenters. The van der Waals surface area contributed by atoms with Gasteiger partial charge in [-0.25, -0.2) is 5.10 Å². The summed E-state index contributed by atoms with van der Waals surface area (Å²) in [6, 6.07) is 7.22. The maximum absolute atomic E-state index is 12.0. The molecule has 29 heavy (non-hydrogen) atoms. The maximum atomic E-state index is 12.0. The summed E-state index contributed by atoms with van der Waals surface area (Å²) in [5, 5.41) is 15.4. The molecule has 0 saturated carbocycles. The van der Waals surface area contributed by atoms with Gasteiger partial charge in [-0.1, -0.05) is 12.1 Å². The second-order valence-electron chi connectivity index (χ2n) is 6.52. The van der Waals surface area contributed by atoms with E-state index in [0.29, 0.717) is 29.4 Å². The Morgan fingerprint density at radius 1 is 1.34 bits per heavy atom. The lowest BCUT2D eigenvalue weighted by Crippen LogP contribution is -2.35. The van der Waals surface area contributed by atoms with Crippen molar-refractivity contribution < 1.29 is 14.3 Å². The second kappa shape index (κ2) is 9.55. The van der Waals surface area contributed by atoms with Gasteiger partial charge in [-0.3, -0.25) is 9.59 Å². The van der Waals surface area contributed by atoms with Crippen LogP contribution in [0.25, 0.3) is 12.2 Å². The summed E-state index contributed by atoms with van der Waals surface area (Å²) in [5.74, 6) is 0.832. The molecule has 0 radical (unpaired) electrons. The van der Waals surface area contributed by atoms with Crippen LogP contribution in [0, 0.1) is 18.3 Å². The molecule has 8 nitrogen and oxygen atoms in total. The van der Waals surface area contributed by atoms with E-state index in [9.17, 15) is 9.59 Å². The Morgan fingerprint density at radius 2 is 2.07 bits per heavy atom. The zero-order valence-electron chi connectivity index (χ0n) is 17.1. The maximum Gasteiger partial charge on any atom is 0.282 e. The van der Waals surface area contributed by atoms with E-state index in [2.05, 4.69) is 10.2 Å². The largest absolute Gasteiger partial charge is 0.490 e. The lowest BCUT2D eigenvalue weighted by atomic mass is 10.1. The number of nitrogens with one attached hydrogen (secondary N) is 1. The van der Waals surface area contributed by atoms with E-state index < -0.39 is 11.7 Å². The summed E-state index contributed by atoms with van der Waals surface area (Å²) in [5.41, 5.74) is 1.33. The van der Waals surface area contributed by atoms with Crippen LogP contribution < -0.4 is 15.0 Å². The van der Waals surface area contributed by atoms with E-state index in [1.165, 1.54) is 4.90 Å². The van der Waals surface area contributed by atoms with Crippen LogP contribution >= 0.6 is 0 Å². The van der Waals surface area contributed by atoms with Gasteiger partial charge in [0.15, 0.2) is 17.6 Å². The molecule has 2 rings (SSSR count). The van der Waals surface area contributed by atoms with Crippen LogP contribution in [-0.2, 0) is 4.79 Å². The average Bonchev–Trinajstić information content (AvgIpc) is 2.69. The molecular weight excluding hydrogens is 372 g/mol. The highest BCUT2D eigenvalue weighted by molar-refractivity contribution is 5.80. The Morgan fingerprint density at radius 3 is 2.69 bits per heavy atom. The molecule has 1 heterocycles. The van der Waals surface area contributed by atoms with Crippen molar-refractivity contribution in [1.82, 2.24) is 15.1 Å². The van der Waals surface area contributed by atoms with Gasteiger partial charge in [-0.2, -0.15) is 10.4 Å². The van der Waals surface area contributed by atoms with Crippen molar-refractivity contribution in [1.29, 1.82) is 5.26 Å². The van der Waals surface area contributed by atoms with E-state index in [-0.39, 0.29) is 11.5 Å². The molecule has 152 valence electrons. The SMILES string of the molecule is CCOc1cc(/C=C/c2n[nH]c(=O)c(C#N)c2C)ccc1O[C@@H](C)C(=O)N(C)C. The number of likely N-dealkylation sites (N-methyl/N-ethyl adjacent to an activating group) is 1. The van der Waals surface area contributed by atoms with E-state index in [0.717, 1.165) is 5.56 Å². The Kier molecular flexibility index (Phi) is 7.15. The van der Waals surface area contributed by atoms with Gasteiger partial charge in [0, 0.05) is 14.1 Å². The van der Waals surface area contributed by atoms with Gasteiger partial charge in [0.2, 0.25) is 0 Å². The number of aromatic nitrogens is 2. The fraction of sp³-hybridized carbons (Fsp3) is 0.333. The number of nitriles is 1. The number of rotatable bonds is 7. The van der Waals surface area contributed by atoms with Crippen LogP contribution in [0.15, 0.2) is 23.0 Å². The van der Waals surface area contributed by atoms with Crippen molar-refractivity contribution in [2.45, 2.75) is 26.9 Å². The van der Waals surface area contributed by atoms with Gasteiger partial charge in [0.05, 0.1) is 12.3 Å². The monoisotopic (exact) mass is 396 g/mol. The molecule has 0 aliphatic heterocycles. The molecule has 0 saturated heterocycles. The third-order valence-corrected chi connectivity index (χ3v) is 4.17. The average molecular weight is 396 g/mol. The number of hydrogen-bond acceptors (Lipinski definition) is 6. The highest BCUT2D eigenvalue weighted by Crippen LogP contribution is 2.30. The first-order valence-electron chi connectivity index (χ1n) is 9.10. The number of benzene rings is 1. The fourth-order valence-corrected chi connectivity index (χ4v) is 2.62. The molecule has 1 aromatic carbocycles. The first-order valence-corrected chi connectivity index (χ1v) is 9.10. The van der Waals surface area contributed by atoms with Gasteiger partial charge < -0.3 is 14.4 Å². The van der Waals surface area contributed by atoms with Crippen molar-refractivity contribution in [2.24, 2.45) is 0 Å². The summed E-state index contributed by atoms with van der Waals surface area (Å²) < 4.78 is 11.4. The summed E-state index contributed by atoms with van der Waals surface area (Å²) in [7, 11) is 3.34. The number of carbonyl (C=O) groups is 1. The van der Waals surface area contributed by atoms with Crippen LogP contribution in [0.3, 0.4) is 0 Å². The normalized spacial score (nSPS) is 11.7. The van der Waals surface area contributed by atoms with Crippen LogP contribution in [0.5, 0.6) is 11.5 Å². The van der Waals surface area contributed by atoms with Gasteiger partial charge >= 0.3 is 0 Å². The van der Waals surface area contributed by atoms with Crippen LogP contribution in [0.2, 0.25) is 0 Å². The zero-order valence-corrected chi connectivity index (χ0v) is 17.1. The fourth-order valence-electron chi connectivity index (χ4n) is 2.62. The van der Waals surface area contributed by atoms with E-state index in [1.54, 1.807) is 52.2 Å². The van der Waals surface area contributed by atoms with Gasteiger partial charge in [0.1, 0.15) is 11.6 Å². The van der Waals surface area contributed by atoms with Gasteiger partial charge in [-0.05, 0) is 50.1 Å². The standard InChI is InChI=1S/C21H24N4O4/c1-6-28-19-11-15(8-10-18(19)29-14(3)21(27)25(4)5)7-9-17-13(2)16(12-22)20(26)24-23-17/h7-11,14H,6H2,1-5H3,(H,24,26)/b9-7+/t14-/m0/s1. The molecule has 0 aliphatic carbocycles. The summed E-state index contributed by atoms with van der Waals surface area (Å²) in [6.07, 6.45) is 2.84. The number of amides is 1. The topological polar surface area (TPSA) is 108 Å². The highest BCUT2D eigenvalue weighted by atomic mass is 16.5. The van der Waals surface area contributed by atoms with Crippen LogP contribution in [-0.4, -0.2) is 47.8 Å². The number of ether oxygens (including phenoxy) is 2. The van der Waals surface area contributed by atoms with Crippen molar-refractivity contribution in [3.05, 3.63) is 50.9 Å². The van der Waals surface area contributed by atoms with Crippen LogP contribution in [0.1, 0.15) is 36.2 Å². The van der Waals surface area contributed by atoms with Crippen LogP contribution in [0.4, 0.5) is 0 Å². The third-order valence-electron chi connectivity index (χ3n) is 4.17. The van der Waals surface area contributed by atoms with E-state index in [4.69, 9.17) is 14.7 Å². The summed E-state index contributed by atoms with van der Waals surface area (Å²) in [4.78, 5) is 25.1. The lowest BCUT2D eigenvalue weighted by Gasteiger charge is -2.20. The molecule has 1 aromatic heterocycles. The van der Waals surface area contributed by atoms with E-state index >= 15 is 0 Å². The number of carbonyl (C=O) groups excluding carboxylic acids is 1. The third kappa shape index (κ3) is 5.23. The quantitative estimate of drug-likeness (QED) is 0.770. The number of H-pyrrole nitrogens is 1. The van der Waals surface area contributed by atoms with Crippen molar-refractivity contribution in [2.75, 3.05) is 20.7 Å². The zero-order chi connectivity index (χ0) is 21.6. The Hall–Kier alpha value is -3.60. The minimum absolute atomic E-state index is 0.0398. The van der Waals surface area contributed by atoms with Gasteiger partial charge in [-0.15, -0.1) is 0 Å². The van der Waals surface area contributed by atoms with Gasteiger partial charge in [0.25, 0.3) is 11.5 Å². The number of aromatic amines is 1. The number of hydrogen-bond donors (Lipinski definition) is 1. The molecule has 1 amide bonds. The molecular formula is C21H24N4O4. The summed E-state index contributed by atoms with van der Waals surface area (Å²) in [6.45, 7) is 5.65. The molecule has 1 N–H and O–H groups in total. The Bertz CT molecular complexity index is 1020. The highest BCUT2D eigenvalue weighted by Gasteiger charge is 2.18.